The van der Waals surface area contributed by atoms with Crippen LogP contribution in [-0.2, 0) is 21.6 Å². The van der Waals surface area contributed by atoms with Crippen molar-refractivity contribution in [3.8, 4) is 5.75 Å². The molecule has 4 rings (SSSR count). The van der Waals surface area contributed by atoms with E-state index in [4.69, 9.17) is 19.6 Å². The van der Waals surface area contributed by atoms with Gasteiger partial charge in [0.1, 0.15) is 29.1 Å². The predicted octanol–water partition coefficient (Wildman–Crippen LogP) is 2.54. The Labute approximate surface area is 177 Å². The molecule has 1 aliphatic heterocycles. The molecule has 0 bridgehead atoms. The molecule has 2 aromatic heterocycles. The highest BCUT2D eigenvalue weighted by Gasteiger charge is 2.52. The number of ether oxygens (including phenoxy) is 2. The smallest absolute Gasteiger partial charge is 0.252 e. The van der Waals surface area contributed by atoms with E-state index in [1.807, 2.05) is 6.92 Å². The Hall–Kier alpha value is -2.91. The van der Waals surface area contributed by atoms with Crippen molar-refractivity contribution in [3.63, 3.8) is 0 Å². The zero-order valence-corrected chi connectivity index (χ0v) is 18.1. The van der Waals surface area contributed by atoms with Crippen molar-refractivity contribution < 1.29 is 23.5 Å². The first-order valence-corrected chi connectivity index (χ1v) is 10.3. The van der Waals surface area contributed by atoms with E-state index < -0.39 is 11.3 Å². The van der Waals surface area contributed by atoms with Crippen molar-refractivity contribution in [2.75, 3.05) is 27.3 Å². The fourth-order valence-electron chi connectivity index (χ4n) is 3.90. The summed E-state index contributed by atoms with van der Waals surface area (Å²) in [5.41, 5.74) is 8.68. The lowest BCUT2D eigenvalue weighted by atomic mass is 9.74. The van der Waals surface area contributed by atoms with Crippen molar-refractivity contribution in [2.24, 2.45) is 5.73 Å². The average molecular weight is 429 g/mol. The van der Waals surface area contributed by atoms with Gasteiger partial charge in [-0.25, -0.2) is 4.98 Å². The van der Waals surface area contributed by atoms with Crippen molar-refractivity contribution in [2.45, 2.75) is 25.9 Å². The van der Waals surface area contributed by atoms with Crippen molar-refractivity contribution >= 4 is 34.1 Å². The molecule has 0 saturated carbocycles. The number of aromatic nitrogens is 1. The van der Waals surface area contributed by atoms with Gasteiger partial charge in [0.15, 0.2) is 0 Å². The Morgan fingerprint density at radius 2 is 2.03 bits per heavy atom. The summed E-state index contributed by atoms with van der Waals surface area (Å²) in [5.74, 6) is 0.156. The fourth-order valence-corrected chi connectivity index (χ4v) is 4.59. The average Bonchev–Trinajstić information content (AvgIpc) is 3.21. The minimum absolute atomic E-state index is 0.130. The van der Waals surface area contributed by atoms with Crippen LogP contribution < -0.4 is 10.5 Å². The van der Waals surface area contributed by atoms with Crippen LogP contribution in [-0.4, -0.2) is 49.0 Å². The van der Waals surface area contributed by atoms with Gasteiger partial charge in [0.2, 0.25) is 5.91 Å². The van der Waals surface area contributed by atoms with Crippen LogP contribution in [0.4, 0.5) is 0 Å². The fraction of sp³-hybridized carbons (Fsp3) is 0.381. The number of benzene rings is 1. The van der Waals surface area contributed by atoms with Gasteiger partial charge in [-0.05, 0) is 26.0 Å². The lowest BCUT2D eigenvalue weighted by molar-refractivity contribution is -0.153. The summed E-state index contributed by atoms with van der Waals surface area (Å²) in [6.07, 6.45) is 0. The molecular formula is C21H23N3O5S. The monoisotopic (exact) mass is 429 g/mol. The second-order valence-electron chi connectivity index (χ2n) is 7.63. The Kier molecular flexibility index (Phi) is 5.03. The maximum Gasteiger partial charge on any atom is 0.252 e. The molecule has 8 nitrogen and oxygen atoms in total. The molecule has 2 N–H and O–H groups in total. The van der Waals surface area contributed by atoms with Gasteiger partial charge in [-0.15, -0.1) is 11.3 Å². The van der Waals surface area contributed by atoms with Gasteiger partial charge >= 0.3 is 0 Å². The first-order valence-electron chi connectivity index (χ1n) is 9.44. The van der Waals surface area contributed by atoms with E-state index in [1.165, 1.54) is 16.2 Å². The molecule has 1 aliphatic rings. The number of hydrogen-bond acceptors (Lipinski definition) is 7. The van der Waals surface area contributed by atoms with Crippen LogP contribution in [0.5, 0.6) is 5.75 Å². The number of amides is 2. The van der Waals surface area contributed by atoms with E-state index in [1.54, 1.807) is 38.7 Å². The van der Waals surface area contributed by atoms with E-state index in [-0.39, 0.29) is 24.7 Å². The van der Waals surface area contributed by atoms with Crippen LogP contribution in [0, 0.1) is 13.8 Å². The Balaban J connectivity index is 1.94. The molecule has 1 saturated heterocycles. The van der Waals surface area contributed by atoms with Gasteiger partial charge in [-0.1, -0.05) is 0 Å². The Bertz CT molecular complexity index is 1140. The summed E-state index contributed by atoms with van der Waals surface area (Å²) in [5, 5.41) is 0.511. The third kappa shape index (κ3) is 3.05. The van der Waals surface area contributed by atoms with Crippen LogP contribution >= 0.6 is 11.3 Å². The van der Waals surface area contributed by atoms with Gasteiger partial charge in [0.25, 0.3) is 5.91 Å². The number of primary amides is 1. The molecule has 1 aromatic carbocycles. The zero-order valence-electron chi connectivity index (χ0n) is 17.3. The number of nitrogens with two attached hydrogens (primary N) is 1. The number of hydrogen-bond donors (Lipinski definition) is 1. The molecule has 158 valence electrons. The van der Waals surface area contributed by atoms with E-state index in [2.05, 4.69) is 4.98 Å². The second kappa shape index (κ2) is 7.41. The van der Waals surface area contributed by atoms with E-state index in [0.29, 0.717) is 34.6 Å². The molecule has 0 radical (unpaired) electrons. The van der Waals surface area contributed by atoms with Crippen LogP contribution in [0.15, 0.2) is 22.1 Å². The number of likely N-dealkylation sites (N-methyl/N-ethyl adjacent to an activating group) is 1. The lowest BCUT2D eigenvalue weighted by Gasteiger charge is -2.42. The number of thiazole rings is 1. The number of aryl methyl sites for hydroxylation is 2. The normalized spacial score (nSPS) is 15.1. The number of fused-ring (bicyclic) bond motifs is 1. The number of nitrogens with zero attached hydrogens (tertiary/aromatic N) is 2. The maximum absolute atomic E-state index is 13.3. The van der Waals surface area contributed by atoms with Gasteiger partial charge in [0, 0.05) is 25.0 Å². The van der Waals surface area contributed by atoms with Crippen molar-refractivity contribution in [1.29, 1.82) is 0 Å². The highest BCUT2D eigenvalue weighted by molar-refractivity contribution is 7.09. The van der Waals surface area contributed by atoms with Gasteiger partial charge in [0.05, 0.1) is 34.9 Å². The van der Waals surface area contributed by atoms with Crippen LogP contribution in [0.1, 0.15) is 32.3 Å². The highest BCUT2D eigenvalue weighted by Crippen LogP contribution is 2.46. The maximum atomic E-state index is 13.3. The summed E-state index contributed by atoms with van der Waals surface area (Å²) >= 11 is 1.50. The lowest BCUT2D eigenvalue weighted by Crippen LogP contribution is -2.57. The quantitative estimate of drug-likeness (QED) is 0.645. The summed E-state index contributed by atoms with van der Waals surface area (Å²) < 4.78 is 17.5. The van der Waals surface area contributed by atoms with Crippen LogP contribution in [0.25, 0.3) is 11.0 Å². The number of carbonyl (C=O) groups is 2. The summed E-state index contributed by atoms with van der Waals surface area (Å²) in [6, 6.07) is 3.51. The van der Waals surface area contributed by atoms with E-state index in [9.17, 15) is 9.59 Å². The largest absolute Gasteiger partial charge is 0.488 e. The van der Waals surface area contributed by atoms with E-state index >= 15 is 0 Å². The highest BCUT2D eigenvalue weighted by atomic mass is 32.1. The molecule has 1 fully saturated rings. The molecule has 3 heterocycles. The summed E-state index contributed by atoms with van der Waals surface area (Å²) in [6.45, 7) is 4.26. The van der Waals surface area contributed by atoms with E-state index in [0.717, 1.165) is 10.6 Å². The van der Waals surface area contributed by atoms with Gasteiger partial charge in [-0.2, -0.15) is 0 Å². The third-order valence-electron chi connectivity index (χ3n) is 5.44. The van der Waals surface area contributed by atoms with Crippen LogP contribution in [0.2, 0.25) is 0 Å². The SMILES string of the molecule is Cc1ncsc1COc1ccc2oc(C)c(C(N)=O)c2c1C1(C(=O)N(C)C)COC1. The van der Waals surface area contributed by atoms with Crippen LogP contribution in [0.3, 0.4) is 0 Å². The molecule has 2 amide bonds. The first-order chi connectivity index (χ1) is 14.3. The zero-order chi connectivity index (χ0) is 21.6. The molecule has 30 heavy (non-hydrogen) atoms. The Morgan fingerprint density at radius 3 is 2.57 bits per heavy atom. The molecular weight excluding hydrogens is 406 g/mol. The topological polar surface area (TPSA) is 108 Å². The third-order valence-corrected chi connectivity index (χ3v) is 6.34. The minimum Gasteiger partial charge on any atom is -0.488 e. The number of rotatable bonds is 6. The molecule has 0 unspecified atom stereocenters. The second-order valence-corrected chi connectivity index (χ2v) is 8.57. The predicted molar refractivity (Wildman–Crippen MR) is 112 cm³/mol. The number of carbonyl (C=O) groups excluding carboxylic acids is 2. The standard InChI is InChI=1S/C21H23N3O5S/c1-11-15(30-10-23-11)7-28-14-6-5-13-17(16(19(22)25)12(2)29-13)18(14)21(8-27-9-21)20(26)24(3)4/h5-6,10H,7-9H2,1-4H3,(H2,22,25). The molecule has 0 aliphatic carbocycles. The minimum atomic E-state index is -0.985. The molecule has 0 spiro atoms. The first kappa shape index (κ1) is 20.4. The van der Waals surface area contributed by atoms with Crippen molar-refractivity contribution in [3.05, 3.63) is 45.1 Å². The van der Waals surface area contributed by atoms with Crippen molar-refractivity contribution in [1.82, 2.24) is 9.88 Å². The molecule has 9 heteroatoms. The number of furan rings is 1. The molecule has 0 atom stereocenters. The molecule has 3 aromatic rings. The van der Waals surface area contributed by atoms with Gasteiger partial charge in [-0.3, -0.25) is 9.59 Å². The Morgan fingerprint density at radius 1 is 1.30 bits per heavy atom. The summed E-state index contributed by atoms with van der Waals surface area (Å²) in [4.78, 5) is 32.3. The summed E-state index contributed by atoms with van der Waals surface area (Å²) in [7, 11) is 3.39. The van der Waals surface area contributed by atoms with Gasteiger partial charge < -0.3 is 24.5 Å².